The molecule has 0 aromatic carbocycles. The minimum absolute atomic E-state index is 0.0722. The number of hydroxylamine groups is 2. The van der Waals surface area contributed by atoms with Gasteiger partial charge in [0.25, 0.3) is 0 Å². The van der Waals surface area contributed by atoms with Gasteiger partial charge in [0.05, 0.1) is 25.3 Å². The van der Waals surface area contributed by atoms with Gasteiger partial charge in [0.15, 0.2) is 0 Å². The topological polar surface area (TPSA) is 56.6 Å². The van der Waals surface area contributed by atoms with Crippen molar-refractivity contribution in [3.05, 3.63) is 24.3 Å². The first-order chi connectivity index (χ1) is 7.69. The Morgan fingerprint density at radius 3 is 3.19 bits per heavy atom. The number of fused-ring (bicyclic) bond motifs is 2. The van der Waals surface area contributed by atoms with Crippen LogP contribution < -0.4 is 0 Å². The van der Waals surface area contributed by atoms with E-state index in [1.165, 1.54) is 9.96 Å². The first-order valence-electron chi connectivity index (χ1n) is 5.10. The summed E-state index contributed by atoms with van der Waals surface area (Å²) in [5.74, 6) is 0. The summed E-state index contributed by atoms with van der Waals surface area (Å²) in [6.45, 7) is 6.27. The molecule has 2 heterocycles. The highest BCUT2D eigenvalue weighted by Crippen LogP contribution is 2.29. The Labute approximate surface area is 94.1 Å². The number of rotatable bonds is 3. The fourth-order valence-corrected chi connectivity index (χ4v) is 2.00. The number of hydrogen-bond acceptors (Lipinski definition) is 3. The van der Waals surface area contributed by atoms with E-state index in [1.807, 2.05) is 13.0 Å². The van der Waals surface area contributed by atoms with Crippen molar-refractivity contribution in [2.24, 2.45) is 0 Å². The van der Waals surface area contributed by atoms with E-state index in [1.54, 1.807) is 6.08 Å². The summed E-state index contributed by atoms with van der Waals surface area (Å²) in [7, 11) is 0. The van der Waals surface area contributed by atoms with Crippen molar-refractivity contribution >= 4 is 6.03 Å². The lowest BCUT2D eigenvalue weighted by molar-refractivity contribution is -0.109. The fourth-order valence-electron chi connectivity index (χ4n) is 2.00. The van der Waals surface area contributed by atoms with Crippen molar-refractivity contribution in [3.63, 3.8) is 0 Å². The molecule has 84 valence electrons. The highest BCUT2D eigenvalue weighted by atomic mass is 16.7. The Bertz CT molecular complexity index is 397. The van der Waals surface area contributed by atoms with Gasteiger partial charge in [-0.3, -0.25) is 4.84 Å². The van der Waals surface area contributed by atoms with Crippen LogP contribution in [0.5, 0.6) is 0 Å². The first-order valence-corrected chi connectivity index (χ1v) is 5.10. The molecule has 16 heavy (non-hydrogen) atoms. The molecule has 2 amide bonds. The maximum atomic E-state index is 11.9. The van der Waals surface area contributed by atoms with Crippen LogP contribution in [0.15, 0.2) is 24.3 Å². The molecule has 2 rings (SSSR count). The van der Waals surface area contributed by atoms with Gasteiger partial charge in [-0.2, -0.15) is 10.3 Å². The zero-order chi connectivity index (χ0) is 11.7. The molecule has 0 aliphatic carbocycles. The van der Waals surface area contributed by atoms with Crippen molar-refractivity contribution in [1.29, 1.82) is 5.26 Å². The largest absolute Gasteiger partial charge is 0.346 e. The Morgan fingerprint density at radius 2 is 2.56 bits per heavy atom. The van der Waals surface area contributed by atoms with Gasteiger partial charge >= 0.3 is 6.03 Å². The standard InChI is InChI=1S/C11H13N3O2/c1-3-4-16-14-10-7-13(11(14)15)9(6-12)5-8(10)2/h3,5,9-10H,1,4,7H2,2H3/t9?,10-/m1/s1. The number of urea groups is 1. The van der Waals surface area contributed by atoms with Gasteiger partial charge in [0, 0.05) is 0 Å². The molecular formula is C11H13N3O2. The minimum Gasteiger partial charge on any atom is -0.301 e. The van der Waals surface area contributed by atoms with Gasteiger partial charge in [-0.1, -0.05) is 6.08 Å². The van der Waals surface area contributed by atoms with Crippen LogP contribution in [0.1, 0.15) is 6.92 Å². The lowest BCUT2D eigenvalue weighted by Gasteiger charge is -2.23. The van der Waals surface area contributed by atoms with Crippen molar-refractivity contribution < 1.29 is 9.63 Å². The Hall–Kier alpha value is -1.80. The molecule has 0 saturated carbocycles. The van der Waals surface area contributed by atoms with Gasteiger partial charge in [-0.25, -0.2) is 4.79 Å². The van der Waals surface area contributed by atoms with Crippen LogP contribution in [-0.4, -0.2) is 41.2 Å². The number of carbonyl (C=O) groups excluding carboxylic acids is 1. The van der Waals surface area contributed by atoms with E-state index in [0.717, 1.165) is 5.57 Å². The molecule has 5 heteroatoms. The van der Waals surface area contributed by atoms with Crippen LogP contribution in [0.25, 0.3) is 0 Å². The molecule has 0 aromatic heterocycles. The quantitative estimate of drug-likeness (QED) is 0.667. The van der Waals surface area contributed by atoms with Crippen LogP contribution in [0.2, 0.25) is 0 Å². The molecule has 0 spiro atoms. The molecule has 1 unspecified atom stereocenters. The van der Waals surface area contributed by atoms with Crippen molar-refractivity contribution in [1.82, 2.24) is 9.96 Å². The normalized spacial score (nSPS) is 27.8. The average molecular weight is 219 g/mol. The second-order valence-corrected chi connectivity index (χ2v) is 3.85. The van der Waals surface area contributed by atoms with E-state index in [2.05, 4.69) is 12.6 Å². The maximum Gasteiger partial charge on any atom is 0.346 e. The van der Waals surface area contributed by atoms with Gasteiger partial charge < -0.3 is 4.90 Å². The number of hydrogen-bond donors (Lipinski definition) is 0. The Morgan fingerprint density at radius 1 is 1.81 bits per heavy atom. The SMILES string of the molecule is C=CCON1C(=O)N2C[C@@H]1C(C)=CC2C#N. The van der Waals surface area contributed by atoms with Crippen LogP contribution in [-0.2, 0) is 4.84 Å². The molecule has 2 aliphatic rings. The number of amides is 2. The summed E-state index contributed by atoms with van der Waals surface area (Å²) in [4.78, 5) is 18.7. The minimum atomic E-state index is -0.471. The van der Waals surface area contributed by atoms with Crippen LogP contribution >= 0.6 is 0 Å². The third-order valence-electron chi connectivity index (χ3n) is 2.83. The van der Waals surface area contributed by atoms with E-state index in [-0.39, 0.29) is 12.1 Å². The lowest BCUT2D eigenvalue weighted by atomic mass is 10.0. The second-order valence-electron chi connectivity index (χ2n) is 3.85. The Kier molecular flexibility index (Phi) is 2.67. The molecule has 2 atom stereocenters. The summed E-state index contributed by atoms with van der Waals surface area (Å²) in [6, 6.07) is 1.31. The molecular weight excluding hydrogens is 206 g/mol. The summed E-state index contributed by atoms with van der Waals surface area (Å²) in [6.07, 6.45) is 3.40. The lowest BCUT2D eigenvalue weighted by Crippen LogP contribution is -2.37. The zero-order valence-electron chi connectivity index (χ0n) is 9.09. The third-order valence-corrected chi connectivity index (χ3v) is 2.83. The highest BCUT2D eigenvalue weighted by Gasteiger charge is 2.45. The molecule has 1 fully saturated rings. The predicted molar refractivity (Wildman–Crippen MR) is 57.0 cm³/mol. The van der Waals surface area contributed by atoms with E-state index in [9.17, 15) is 4.79 Å². The van der Waals surface area contributed by atoms with Crippen molar-refractivity contribution in [2.75, 3.05) is 13.2 Å². The number of nitrogens with zero attached hydrogens (tertiary/aromatic N) is 3. The molecule has 5 nitrogen and oxygen atoms in total. The van der Waals surface area contributed by atoms with E-state index in [4.69, 9.17) is 10.1 Å². The number of nitriles is 1. The Balaban J connectivity index is 2.22. The van der Waals surface area contributed by atoms with Crippen LogP contribution in [0, 0.1) is 11.3 Å². The maximum absolute atomic E-state index is 11.9. The molecule has 0 aromatic rings. The molecule has 2 aliphatic heterocycles. The van der Waals surface area contributed by atoms with Crippen molar-refractivity contribution in [3.8, 4) is 6.07 Å². The van der Waals surface area contributed by atoms with Gasteiger partial charge in [-0.05, 0) is 18.6 Å². The highest BCUT2D eigenvalue weighted by molar-refractivity contribution is 5.78. The smallest absolute Gasteiger partial charge is 0.301 e. The first kappa shape index (κ1) is 10.7. The fraction of sp³-hybridized carbons (Fsp3) is 0.455. The molecule has 0 radical (unpaired) electrons. The third kappa shape index (κ3) is 1.48. The van der Waals surface area contributed by atoms with E-state index < -0.39 is 6.04 Å². The second kappa shape index (κ2) is 3.99. The van der Waals surface area contributed by atoms with Gasteiger partial charge in [0.2, 0.25) is 0 Å². The zero-order valence-corrected chi connectivity index (χ0v) is 9.09. The van der Waals surface area contributed by atoms with Crippen LogP contribution in [0.4, 0.5) is 4.79 Å². The summed E-state index contributed by atoms with van der Waals surface area (Å²) < 4.78 is 0. The summed E-state index contributed by atoms with van der Waals surface area (Å²) in [5.41, 5.74) is 0.998. The van der Waals surface area contributed by atoms with E-state index in [0.29, 0.717) is 13.2 Å². The average Bonchev–Trinajstić information content (AvgIpc) is 2.57. The summed E-state index contributed by atoms with van der Waals surface area (Å²) >= 11 is 0. The molecule has 2 bridgehead atoms. The van der Waals surface area contributed by atoms with Crippen LogP contribution in [0.3, 0.4) is 0 Å². The van der Waals surface area contributed by atoms with Gasteiger partial charge in [-0.15, -0.1) is 6.58 Å². The number of carbonyl (C=O) groups is 1. The van der Waals surface area contributed by atoms with Gasteiger partial charge in [0.1, 0.15) is 6.04 Å². The molecule has 1 saturated heterocycles. The van der Waals surface area contributed by atoms with Crippen molar-refractivity contribution in [2.45, 2.75) is 19.0 Å². The summed E-state index contributed by atoms with van der Waals surface area (Å²) in [5, 5.41) is 10.3. The monoisotopic (exact) mass is 219 g/mol. The molecule has 0 N–H and O–H groups in total. The predicted octanol–water partition coefficient (Wildman–Crippen LogP) is 1.06. The van der Waals surface area contributed by atoms with E-state index >= 15 is 0 Å².